The highest BCUT2D eigenvalue weighted by Crippen LogP contribution is 2.31. The lowest BCUT2D eigenvalue weighted by Gasteiger charge is -2.10. The maximum Gasteiger partial charge on any atom is 0.306 e. The quantitative estimate of drug-likeness (QED) is 0.465. The lowest BCUT2D eigenvalue weighted by molar-refractivity contribution is 0.493. The van der Waals surface area contributed by atoms with Crippen LogP contribution in [0.25, 0.3) is 0 Å². The van der Waals surface area contributed by atoms with Crippen LogP contribution in [0.5, 0.6) is 5.75 Å². The number of nitrogens with two attached hydrogens (primary N) is 3. The van der Waals surface area contributed by atoms with Crippen molar-refractivity contribution >= 4 is 31.5 Å². The van der Waals surface area contributed by atoms with Gasteiger partial charge in [-0.25, -0.2) is 13.6 Å². The van der Waals surface area contributed by atoms with Gasteiger partial charge in [0, 0.05) is 11.8 Å². The Kier molecular flexibility index (Phi) is 3.23. The summed E-state index contributed by atoms with van der Waals surface area (Å²) in [5, 5.41) is 4.89. The van der Waals surface area contributed by atoms with Crippen LogP contribution in [0.2, 0.25) is 0 Å². The second-order valence-electron chi connectivity index (χ2n) is 3.26. The summed E-state index contributed by atoms with van der Waals surface area (Å²) in [7, 11) is -7.96. The van der Waals surface area contributed by atoms with Gasteiger partial charge in [0.15, 0.2) is 5.75 Å². The van der Waals surface area contributed by atoms with Gasteiger partial charge in [0.25, 0.3) is 0 Å². The van der Waals surface area contributed by atoms with E-state index in [1.54, 1.807) is 0 Å². The molecule has 0 amide bonds. The molecule has 17 heavy (non-hydrogen) atoms. The van der Waals surface area contributed by atoms with Crippen LogP contribution >= 0.6 is 0 Å². The fourth-order valence-corrected chi connectivity index (χ4v) is 2.26. The molecular weight excluding hydrogens is 270 g/mol. The highest BCUT2D eigenvalue weighted by molar-refractivity contribution is 7.89. The molecule has 0 heterocycles. The first-order chi connectivity index (χ1) is 7.50. The number of benzene rings is 1. The van der Waals surface area contributed by atoms with Gasteiger partial charge >= 0.3 is 10.1 Å². The summed E-state index contributed by atoms with van der Waals surface area (Å²) in [5.41, 5.74) is 10.4. The van der Waals surface area contributed by atoms with Crippen molar-refractivity contribution in [3.8, 4) is 5.75 Å². The van der Waals surface area contributed by atoms with Gasteiger partial charge < -0.3 is 15.7 Å². The fraction of sp³-hybridized carbons (Fsp3) is 0.143. The van der Waals surface area contributed by atoms with E-state index < -0.39 is 30.7 Å². The summed E-state index contributed by atoms with van der Waals surface area (Å²) in [6.07, 6.45) is 0.784. The zero-order chi connectivity index (χ0) is 13.4. The third kappa shape index (κ3) is 3.47. The average molecular weight is 281 g/mol. The monoisotopic (exact) mass is 281 g/mol. The summed E-state index contributed by atoms with van der Waals surface area (Å²) in [4.78, 5) is -0.490. The van der Waals surface area contributed by atoms with Gasteiger partial charge in [-0.05, 0) is 6.07 Å². The molecule has 0 saturated heterocycles. The summed E-state index contributed by atoms with van der Waals surface area (Å²) < 4.78 is 48.7. The Balaban J connectivity index is 3.50. The maximum atomic E-state index is 11.2. The van der Waals surface area contributed by atoms with E-state index in [0.717, 1.165) is 18.4 Å². The number of rotatable bonds is 3. The number of primary sulfonamides is 1. The van der Waals surface area contributed by atoms with Crippen LogP contribution in [0.3, 0.4) is 0 Å². The van der Waals surface area contributed by atoms with Gasteiger partial charge in [-0.3, -0.25) is 0 Å². The first-order valence-electron chi connectivity index (χ1n) is 4.12. The van der Waals surface area contributed by atoms with Crippen LogP contribution in [0, 0.1) is 0 Å². The van der Waals surface area contributed by atoms with Crippen molar-refractivity contribution in [2.24, 2.45) is 5.14 Å². The number of nitrogen functional groups attached to an aromatic ring is 2. The molecule has 0 unspecified atom stereocenters. The maximum absolute atomic E-state index is 11.2. The van der Waals surface area contributed by atoms with E-state index in [2.05, 4.69) is 4.18 Å². The summed E-state index contributed by atoms with van der Waals surface area (Å²) in [6, 6.07) is 2.10. The topological polar surface area (TPSA) is 156 Å². The molecule has 1 aromatic carbocycles. The minimum Gasteiger partial charge on any atom is -0.399 e. The van der Waals surface area contributed by atoms with Crippen LogP contribution in [0.4, 0.5) is 11.4 Å². The van der Waals surface area contributed by atoms with Crippen LogP contribution < -0.4 is 20.8 Å². The first-order valence-corrected chi connectivity index (χ1v) is 7.48. The normalized spacial score (nSPS) is 12.4. The van der Waals surface area contributed by atoms with Crippen LogP contribution in [-0.4, -0.2) is 23.1 Å². The van der Waals surface area contributed by atoms with Crippen molar-refractivity contribution in [1.29, 1.82) is 0 Å². The largest absolute Gasteiger partial charge is 0.399 e. The molecule has 0 aliphatic carbocycles. The van der Waals surface area contributed by atoms with Crippen molar-refractivity contribution in [3.63, 3.8) is 0 Å². The standard InChI is InChI=1S/C7H11N3O5S2/c1-16(11,12)15-5-2-4(8)3-6(7(5)9)17(10,13)14/h2-3H,8-9H2,1H3,(H2,10,13,14). The molecule has 10 heteroatoms. The van der Waals surface area contributed by atoms with Crippen molar-refractivity contribution in [2.45, 2.75) is 4.90 Å². The minimum absolute atomic E-state index is 0.0399. The Bertz CT molecular complexity index is 650. The number of anilines is 2. The van der Waals surface area contributed by atoms with Gasteiger partial charge in [0.2, 0.25) is 10.0 Å². The first kappa shape index (κ1) is 13.5. The molecule has 0 spiro atoms. The molecule has 0 atom stereocenters. The third-order valence-corrected chi connectivity index (χ3v) is 3.11. The zero-order valence-corrected chi connectivity index (χ0v) is 10.4. The molecule has 0 aliphatic rings. The van der Waals surface area contributed by atoms with E-state index in [1.165, 1.54) is 0 Å². The van der Waals surface area contributed by atoms with Crippen LogP contribution in [0.1, 0.15) is 0 Å². The lowest BCUT2D eigenvalue weighted by Crippen LogP contribution is -2.16. The SMILES string of the molecule is CS(=O)(=O)Oc1cc(N)cc(S(N)(=O)=O)c1N. The summed E-state index contributed by atoms with van der Waals surface area (Å²) >= 11 is 0. The molecule has 8 nitrogen and oxygen atoms in total. The van der Waals surface area contributed by atoms with Crippen molar-refractivity contribution in [3.05, 3.63) is 12.1 Å². The zero-order valence-electron chi connectivity index (χ0n) is 8.74. The van der Waals surface area contributed by atoms with E-state index in [-0.39, 0.29) is 11.4 Å². The smallest absolute Gasteiger partial charge is 0.306 e. The molecule has 6 N–H and O–H groups in total. The fourth-order valence-electron chi connectivity index (χ4n) is 1.09. The van der Waals surface area contributed by atoms with E-state index in [4.69, 9.17) is 16.6 Å². The molecule has 1 aromatic rings. The second kappa shape index (κ2) is 4.05. The molecule has 96 valence electrons. The molecule has 0 aromatic heterocycles. The highest BCUT2D eigenvalue weighted by Gasteiger charge is 2.19. The molecule has 0 saturated carbocycles. The average Bonchev–Trinajstić information content (AvgIpc) is 2.06. The van der Waals surface area contributed by atoms with Crippen LogP contribution in [-0.2, 0) is 20.1 Å². The van der Waals surface area contributed by atoms with Gasteiger partial charge in [0.05, 0.1) is 11.9 Å². The Morgan fingerprint density at radius 2 is 1.65 bits per heavy atom. The van der Waals surface area contributed by atoms with E-state index in [0.29, 0.717) is 0 Å². The Labute approximate surface area is 98.5 Å². The van der Waals surface area contributed by atoms with Gasteiger partial charge in [-0.2, -0.15) is 8.42 Å². The van der Waals surface area contributed by atoms with Crippen molar-refractivity contribution in [1.82, 2.24) is 0 Å². The Morgan fingerprint density at radius 1 is 1.12 bits per heavy atom. The van der Waals surface area contributed by atoms with E-state index >= 15 is 0 Å². The minimum atomic E-state index is -4.11. The van der Waals surface area contributed by atoms with Crippen molar-refractivity contribution in [2.75, 3.05) is 17.7 Å². The van der Waals surface area contributed by atoms with Crippen LogP contribution in [0.15, 0.2) is 17.0 Å². The molecule has 0 fully saturated rings. The van der Waals surface area contributed by atoms with E-state index in [1.807, 2.05) is 0 Å². The number of hydrogen-bond donors (Lipinski definition) is 3. The van der Waals surface area contributed by atoms with E-state index in [9.17, 15) is 16.8 Å². The predicted molar refractivity (Wildman–Crippen MR) is 62.1 cm³/mol. The predicted octanol–water partition coefficient (Wildman–Crippen LogP) is -1.16. The summed E-state index contributed by atoms with van der Waals surface area (Å²) in [6.45, 7) is 0. The van der Waals surface area contributed by atoms with Gasteiger partial charge in [-0.1, -0.05) is 0 Å². The molecule has 0 aliphatic heterocycles. The van der Waals surface area contributed by atoms with Gasteiger partial charge in [-0.15, -0.1) is 0 Å². The second-order valence-corrected chi connectivity index (χ2v) is 6.37. The number of hydrogen-bond acceptors (Lipinski definition) is 7. The molecular formula is C7H11N3O5S2. The van der Waals surface area contributed by atoms with Gasteiger partial charge in [0.1, 0.15) is 4.90 Å². The molecule has 1 rings (SSSR count). The summed E-state index contributed by atoms with van der Waals surface area (Å²) in [5.74, 6) is -0.378. The Hall–Kier alpha value is -1.52. The third-order valence-electron chi connectivity index (χ3n) is 1.67. The van der Waals surface area contributed by atoms with Crippen molar-refractivity contribution < 1.29 is 21.0 Å². The lowest BCUT2D eigenvalue weighted by atomic mass is 10.2. The molecule has 0 radical (unpaired) electrons. The Morgan fingerprint density at radius 3 is 2.06 bits per heavy atom. The molecule has 0 bridgehead atoms. The highest BCUT2D eigenvalue weighted by atomic mass is 32.2. The number of sulfonamides is 1.